The molecule has 2 N–H and O–H groups in total. The molecule has 1 heterocycles. The smallest absolute Gasteiger partial charge is 0.119 e. The summed E-state index contributed by atoms with van der Waals surface area (Å²) in [6, 6.07) is 7.79. The van der Waals surface area contributed by atoms with Crippen molar-refractivity contribution in [2.75, 3.05) is 6.61 Å². The SMILES string of the molecule is NC(=S)Cc1ccc(OCCn2cc(Br)cn2)cc1. The highest BCUT2D eigenvalue weighted by Crippen LogP contribution is 2.13. The van der Waals surface area contributed by atoms with Gasteiger partial charge in [-0.3, -0.25) is 4.68 Å². The number of hydrogen-bond acceptors (Lipinski definition) is 3. The predicted octanol–water partition coefficient (Wildman–Crippen LogP) is 2.55. The summed E-state index contributed by atoms with van der Waals surface area (Å²) in [6.45, 7) is 1.28. The van der Waals surface area contributed by atoms with E-state index in [1.807, 2.05) is 35.1 Å². The Morgan fingerprint density at radius 2 is 2.11 bits per heavy atom. The number of aromatic nitrogens is 2. The van der Waals surface area contributed by atoms with Crippen LogP contribution in [0.25, 0.3) is 0 Å². The monoisotopic (exact) mass is 339 g/mol. The van der Waals surface area contributed by atoms with Gasteiger partial charge < -0.3 is 10.5 Å². The molecular weight excluding hydrogens is 326 g/mol. The zero-order valence-electron chi connectivity index (χ0n) is 10.3. The van der Waals surface area contributed by atoms with Gasteiger partial charge in [0.1, 0.15) is 12.4 Å². The van der Waals surface area contributed by atoms with Gasteiger partial charge in [0.25, 0.3) is 0 Å². The number of benzene rings is 1. The van der Waals surface area contributed by atoms with Crippen LogP contribution in [0.3, 0.4) is 0 Å². The molecule has 0 atom stereocenters. The Morgan fingerprint density at radius 3 is 2.68 bits per heavy atom. The highest BCUT2D eigenvalue weighted by molar-refractivity contribution is 9.10. The molecule has 0 fully saturated rings. The van der Waals surface area contributed by atoms with Crippen molar-refractivity contribution < 1.29 is 4.74 Å². The molecule has 0 aliphatic heterocycles. The van der Waals surface area contributed by atoms with Crippen LogP contribution in [0.15, 0.2) is 41.1 Å². The molecule has 100 valence electrons. The van der Waals surface area contributed by atoms with E-state index in [-0.39, 0.29) is 0 Å². The van der Waals surface area contributed by atoms with Gasteiger partial charge in [-0.25, -0.2) is 0 Å². The maximum Gasteiger partial charge on any atom is 0.119 e. The Kier molecular flexibility index (Phi) is 4.93. The lowest BCUT2D eigenvalue weighted by atomic mass is 10.1. The summed E-state index contributed by atoms with van der Waals surface area (Å²) in [5.41, 5.74) is 6.59. The first kappa shape index (κ1) is 14.0. The fourth-order valence-electron chi connectivity index (χ4n) is 1.62. The van der Waals surface area contributed by atoms with Gasteiger partial charge >= 0.3 is 0 Å². The second-order valence-electron chi connectivity index (χ2n) is 4.06. The maximum absolute atomic E-state index is 5.64. The molecule has 0 spiro atoms. The molecule has 0 aliphatic rings. The lowest BCUT2D eigenvalue weighted by Gasteiger charge is -2.07. The average Bonchev–Trinajstić information content (AvgIpc) is 2.77. The standard InChI is InChI=1S/C13H14BrN3OS/c14-11-8-16-17(9-11)5-6-18-12-3-1-10(2-4-12)7-13(15)19/h1-4,8-9H,5-7H2,(H2,15,19). The Morgan fingerprint density at radius 1 is 1.37 bits per heavy atom. The molecule has 0 saturated heterocycles. The van der Waals surface area contributed by atoms with Gasteiger partial charge in [-0.2, -0.15) is 5.10 Å². The maximum atomic E-state index is 5.64. The molecule has 0 amide bonds. The van der Waals surface area contributed by atoms with Crippen LogP contribution in [-0.2, 0) is 13.0 Å². The molecule has 0 unspecified atom stereocenters. The molecule has 0 saturated carbocycles. The third kappa shape index (κ3) is 4.65. The number of rotatable bonds is 6. The predicted molar refractivity (Wildman–Crippen MR) is 82.4 cm³/mol. The minimum atomic E-state index is 0.498. The molecule has 0 bridgehead atoms. The molecular formula is C13H14BrN3OS. The van der Waals surface area contributed by atoms with E-state index in [1.54, 1.807) is 6.20 Å². The minimum Gasteiger partial charge on any atom is -0.492 e. The van der Waals surface area contributed by atoms with Crippen molar-refractivity contribution in [3.63, 3.8) is 0 Å². The van der Waals surface area contributed by atoms with Gasteiger partial charge in [-0.1, -0.05) is 24.4 Å². The Hall–Kier alpha value is -1.40. The second kappa shape index (κ2) is 6.68. The quantitative estimate of drug-likeness (QED) is 0.821. The van der Waals surface area contributed by atoms with Crippen LogP contribution in [0, 0.1) is 0 Å². The Labute approximate surface area is 125 Å². The third-order valence-electron chi connectivity index (χ3n) is 2.49. The van der Waals surface area contributed by atoms with E-state index in [2.05, 4.69) is 21.0 Å². The molecule has 19 heavy (non-hydrogen) atoms. The number of nitrogens with zero attached hydrogens (tertiary/aromatic N) is 2. The first-order valence-corrected chi connectivity index (χ1v) is 7.01. The molecule has 4 nitrogen and oxygen atoms in total. The molecule has 6 heteroatoms. The van der Waals surface area contributed by atoms with Crippen LogP contribution in [0.1, 0.15) is 5.56 Å². The van der Waals surface area contributed by atoms with Crippen molar-refractivity contribution in [1.29, 1.82) is 0 Å². The van der Waals surface area contributed by atoms with Crippen molar-refractivity contribution in [2.45, 2.75) is 13.0 Å². The summed E-state index contributed by atoms with van der Waals surface area (Å²) in [7, 11) is 0. The molecule has 1 aromatic heterocycles. The van der Waals surface area contributed by atoms with Crippen LogP contribution in [0.4, 0.5) is 0 Å². The van der Waals surface area contributed by atoms with E-state index in [0.717, 1.165) is 15.8 Å². The summed E-state index contributed by atoms with van der Waals surface area (Å²) in [4.78, 5) is 0.498. The van der Waals surface area contributed by atoms with Gasteiger partial charge in [-0.15, -0.1) is 0 Å². The zero-order valence-corrected chi connectivity index (χ0v) is 12.7. The van der Waals surface area contributed by atoms with E-state index in [4.69, 9.17) is 22.7 Å². The second-order valence-corrected chi connectivity index (χ2v) is 5.50. The summed E-state index contributed by atoms with van der Waals surface area (Å²) < 4.78 is 8.43. The fraction of sp³-hybridized carbons (Fsp3) is 0.231. The molecule has 2 rings (SSSR count). The summed E-state index contributed by atoms with van der Waals surface area (Å²) in [6.07, 6.45) is 4.29. The van der Waals surface area contributed by atoms with Crippen molar-refractivity contribution >= 4 is 33.1 Å². The topological polar surface area (TPSA) is 53.1 Å². The lowest BCUT2D eigenvalue weighted by Crippen LogP contribution is -2.11. The highest BCUT2D eigenvalue weighted by Gasteiger charge is 1.99. The lowest BCUT2D eigenvalue weighted by molar-refractivity contribution is 0.291. The van der Waals surface area contributed by atoms with E-state index in [0.29, 0.717) is 24.6 Å². The Balaban J connectivity index is 1.81. The largest absolute Gasteiger partial charge is 0.492 e. The number of hydrogen-bond donors (Lipinski definition) is 1. The van der Waals surface area contributed by atoms with E-state index < -0.39 is 0 Å². The van der Waals surface area contributed by atoms with E-state index in [9.17, 15) is 0 Å². The van der Waals surface area contributed by atoms with Gasteiger partial charge in [-0.05, 0) is 33.6 Å². The molecule has 2 aromatic rings. The summed E-state index contributed by atoms with van der Waals surface area (Å²) >= 11 is 8.22. The van der Waals surface area contributed by atoms with Crippen LogP contribution in [-0.4, -0.2) is 21.4 Å². The van der Waals surface area contributed by atoms with Crippen LogP contribution >= 0.6 is 28.1 Å². The first-order chi connectivity index (χ1) is 9.13. The van der Waals surface area contributed by atoms with Crippen molar-refractivity contribution in [3.05, 3.63) is 46.7 Å². The average molecular weight is 340 g/mol. The van der Waals surface area contributed by atoms with Crippen LogP contribution < -0.4 is 10.5 Å². The van der Waals surface area contributed by atoms with Crippen LogP contribution in [0.2, 0.25) is 0 Å². The number of thiocarbonyl (C=S) groups is 1. The zero-order chi connectivity index (χ0) is 13.7. The normalized spacial score (nSPS) is 10.4. The third-order valence-corrected chi connectivity index (χ3v) is 3.05. The van der Waals surface area contributed by atoms with E-state index in [1.165, 1.54) is 0 Å². The number of halogens is 1. The van der Waals surface area contributed by atoms with E-state index >= 15 is 0 Å². The van der Waals surface area contributed by atoms with Gasteiger partial charge in [0.2, 0.25) is 0 Å². The molecule has 1 aromatic carbocycles. The van der Waals surface area contributed by atoms with Gasteiger partial charge in [0, 0.05) is 12.6 Å². The highest BCUT2D eigenvalue weighted by atomic mass is 79.9. The Bertz CT molecular complexity index is 553. The summed E-state index contributed by atoms with van der Waals surface area (Å²) in [5.74, 6) is 0.831. The summed E-state index contributed by atoms with van der Waals surface area (Å²) in [5, 5.41) is 4.16. The molecule has 0 aliphatic carbocycles. The number of ether oxygens (including phenoxy) is 1. The minimum absolute atomic E-state index is 0.498. The fourth-order valence-corrected chi connectivity index (χ4v) is 2.12. The van der Waals surface area contributed by atoms with Gasteiger partial charge in [0.05, 0.1) is 22.2 Å². The van der Waals surface area contributed by atoms with Crippen molar-refractivity contribution in [2.24, 2.45) is 5.73 Å². The van der Waals surface area contributed by atoms with Crippen molar-refractivity contribution in [1.82, 2.24) is 9.78 Å². The van der Waals surface area contributed by atoms with Crippen LogP contribution in [0.5, 0.6) is 5.75 Å². The first-order valence-electron chi connectivity index (χ1n) is 5.81. The number of nitrogens with two attached hydrogens (primary N) is 1. The van der Waals surface area contributed by atoms with Crippen molar-refractivity contribution in [3.8, 4) is 5.75 Å². The molecule has 0 radical (unpaired) electrons. The van der Waals surface area contributed by atoms with Gasteiger partial charge in [0.15, 0.2) is 0 Å².